The Hall–Kier alpha value is -2.60. The fraction of sp³-hybridized carbons (Fsp3) is 0.381. The standard InChI is InChI=1S/C21H23N3O6S2/c25-18(6-3-9-24-20(26)16-4-1-2-5-17(16)21(24)27)22-14-15-7-8-19(31-15)32(28,29)23-10-12-30-13-11-23/h1-2,4-5,7-8H,3,6,9-14H2,(H,22,25). The van der Waals surface area contributed by atoms with Crippen LogP contribution in [0.3, 0.4) is 0 Å². The van der Waals surface area contributed by atoms with Crippen LogP contribution in [-0.2, 0) is 26.1 Å². The topological polar surface area (TPSA) is 113 Å². The number of carbonyl (C=O) groups excluding carboxylic acids is 3. The van der Waals surface area contributed by atoms with Gasteiger partial charge in [0, 0.05) is 30.9 Å². The van der Waals surface area contributed by atoms with Crippen LogP contribution in [0.4, 0.5) is 0 Å². The number of thiophene rings is 1. The minimum atomic E-state index is -3.55. The highest BCUT2D eigenvalue weighted by atomic mass is 32.2. The molecule has 0 unspecified atom stereocenters. The molecular formula is C21H23N3O6S2. The molecule has 1 aromatic heterocycles. The van der Waals surface area contributed by atoms with E-state index in [2.05, 4.69) is 5.32 Å². The lowest BCUT2D eigenvalue weighted by molar-refractivity contribution is -0.121. The van der Waals surface area contributed by atoms with Crippen LogP contribution in [0.1, 0.15) is 38.4 Å². The molecule has 11 heteroatoms. The summed E-state index contributed by atoms with van der Waals surface area (Å²) >= 11 is 1.13. The summed E-state index contributed by atoms with van der Waals surface area (Å²) in [6.45, 7) is 1.82. The van der Waals surface area contributed by atoms with Crippen LogP contribution in [0, 0.1) is 0 Å². The number of nitrogens with one attached hydrogen (secondary N) is 1. The van der Waals surface area contributed by atoms with Crippen LogP contribution in [-0.4, -0.2) is 68.2 Å². The predicted octanol–water partition coefficient (Wildman–Crippen LogP) is 1.46. The maximum absolute atomic E-state index is 12.7. The van der Waals surface area contributed by atoms with Gasteiger partial charge in [-0.15, -0.1) is 11.3 Å². The van der Waals surface area contributed by atoms with Gasteiger partial charge in [-0.3, -0.25) is 19.3 Å². The first-order chi connectivity index (χ1) is 15.4. The zero-order chi connectivity index (χ0) is 22.7. The smallest absolute Gasteiger partial charge is 0.261 e. The number of fused-ring (bicyclic) bond motifs is 1. The third-order valence-corrected chi connectivity index (χ3v) is 8.78. The van der Waals surface area contributed by atoms with E-state index in [0.29, 0.717) is 43.9 Å². The SMILES string of the molecule is O=C(CCCN1C(=O)c2ccccc2C1=O)NCc1ccc(S(=O)(=O)N2CCOCC2)s1. The predicted molar refractivity (Wildman–Crippen MR) is 117 cm³/mol. The number of benzene rings is 1. The first kappa shape index (κ1) is 22.6. The molecule has 32 heavy (non-hydrogen) atoms. The van der Waals surface area contributed by atoms with Crippen molar-refractivity contribution in [1.82, 2.24) is 14.5 Å². The molecule has 1 saturated heterocycles. The van der Waals surface area contributed by atoms with E-state index in [9.17, 15) is 22.8 Å². The molecule has 0 atom stereocenters. The van der Waals surface area contributed by atoms with Gasteiger partial charge in [0.25, 0.3) is 21.8 Å². The Balaban J connectivity index is 1.24. The highest BCUT2D eigenvalue weighted by Crippen LogP contribution is 2.26. The summed E-state index contributed by atoms with van der Waals surface area (Å²) in [5.41, 5.74) is 0.782. The molecule has 3 heterocycles. The molecule has 0 saturated carbocycles. The van der Waals surface area contributed by atoms with Gasteiger partial charge in [-0.25, -0.2) is 8.42 Å². The molecule has 2 aliphatic rings. The summed E-state index contributed by atoms with van der Waals surface area (Å²) < 4.78 is 32.2. The van der Waals surface area contributed by atoms with Crippen LogP contribution in [0.25, 0.3) is 0 Å². The molecule has 0 bridgehead atoms. The minimum absolute atomic E-state index is 0.151. The van der Waals surface area contributed by atoms with E-state index in [4.69, 9.17) is 4.74 Å². The number of amides is 3. The molecule has 1 fully saturated rings. The number of hydrogen-bond acceptors (Lipinski definition) is 7. The first-order valence-corrected chi connectivity index (χ1v) is 12.5. The number of imide groups is 1. The van der Waals surface area contributed by atoms with E-state index in [1.165, 1.54) is 9.21 Å². The van der Waals surface area contributed by atoms with Gasteiger partial charge in [0.2, 0.25) is 5.91 Å². The molecule has 9 nitrogen and oxygen atoms in total. The van der Waals surface area contributed by atoms with Crippen LogP contribution >= 0.6 is 11.3 Å². The number of hydrogen-bond donors (Lipinski definition) is 1. The minimum Gasteiger partial charge on any atom is -0.379 e. The zero-order valence-corrected chi connectivity index (χ0v) is 18.9. The number of carbonyl (C=O) groups is 3. The van der Waals surface area contributed by atoms with Crippen molar-refractivity contribution in [3.8, 4) is 0 Å². The van der Waals surface area contributed by atoms with Crippen LogP contribution in [0.5, 0.6) is 0 Å². The highest BCUT2D eigenvalue weighted by molar-refractivity contribution is 7.91. The normalized spacial score (nSPS) is 16.9. The second-order valence-electron chi connectivity index (χ2n) is 7.43. The molecule has 0 spiro atoms. The summed E-state index contributed by atoms with van der Waals surface area (Å²) in [5, 5.41) is 2.76. The molecule has 3 amide bonds. The fourth-order valence-corrected chi connectivity index (χ4v) is 6.48. The van der Waals surface area contributed by atoms with Gasteiger partial charge in [-0.2, -0.15) is 4.31 Å². The second kappa shape index (κ2) is 9.49. The lowest BCUT2D eigenvalue weighted by atomic mass is 10.1. The molecule has 4 rings (SSSR count). The molecule has 0 radical (unpaired) electrons. The summed E-state index contributed by atoms with van der Waals surface area (Å²) in [6.07, 6.45) is 0.496. The number of morpholine rings is 1. The Morgan fingerprint density at radius 2 is 1.69 bits per heavy atom. The van der Waals surface area contributed by atoms with Crippen LogP contribution in [0.15, 0.2) is 40.6 Å². The molecular weight excluding hydrogens is 454 g/mol. The summed E-state index contributed by atoms with van der Waals surface area (Å²) in [5.74, 6) is -0.898. The largest absolute Gasteiger partial charge is 0.379 e. The van der Waals surface area contributed by atoms with E-state index >= 15 is 0 Å². The summed E-state index contributed by atoms with van der Waals surface area (Å²) in [4.78, 5) is 38.8. The van der Waals surface area contributed by atoms with Gasteiger partial charge in [0.05, 0.1) is 30.9 Å². The number of ether oxygens (including phenoxy) is 1. The van der Waals surface area contributed by atoms with Gasteiger partial charge in [-0.1, -0.05) is 12.1 Å². The van der Waals surface area contributed by atoms with Crippen LogP contribution in [0.2, 0.25) is 0 Å². The highest BCUT2D eigenvalue weighted by Gasteiger charge is 2.34. The zero-order valence-electron chi connectivity index (χ0n) is 17.3. The average molecular weight is 478 g/mol. The Kier molecular flexibility index (Phi) is 6.70. The average Bonchev–Trinajstić information content (AvgIpc) is 3.38. The maximum atomic E-state index is 12.7. The van der Waals surface area contributed by atoms with E-state index in [0.717, 1.165) is 16.2 Å². The van der Waals surface area contributed by atoms with Gasteiger partial charge >= 0.3 is 0 Å². The molecule has 170 valence electrons. The quantitative estimate of drug-likeness (QED) is 0.576. The lowest BCUT2D eigenvalue weighted by Gasteiger charge is -2.25. The van der Waals surface area contributed by atoms with Crippen molar-refractivity contribution in [3.63, 3.8) is 0 Å². The first-order valence-electron chi connectivity index (χ1n) is 10.3. The third-order valence-electron chi connectivity index (χ3n) is 5.32. The van der Waals surface area contributed by atoms with Crippen molar-refractivity contribution < 1.29 is 27.5 Å². The number of sulfonamides is 1. The van der Waals surface area contributed by atoms with E-state index in [1.807, 2.05) is 0 Å². The molecule has 1 aromatic carbocycles. The van der Waals surface area contributed by atoms with Crippen molar-refractivity contribution in [2.24, 2.45) is 0 Å². The summed E-state index contributed by atoms with van der Waals surface area (Å²) in [7, 11) is -3.55. The van der Waals surface area contributed by atoms with Crippen molar-refractivity contribution in [2.75, 3.05) is 32.8 Å². The van der Waals surface area contributed by atoms with E-state index < -0.39 is 10.0 Å². The Morgan fingerprint density at radius 3 is 2.34 bits per heavy atom. The molecule has 1 N–H and O–H groups in total. The van der Waals surface area contributed by atoms with Crippen molar-refractivity contribution >= 4 is 39.1 Å². The Morgan fingerprint density at radius 1 is 1.03 bits per heavy atom. The second-order valence-corrected chi connectivity index (χ2v) is 10.8. The van der Waals surface area contributed by atoms with E-state index in [1.54, 1.807) is 36.4 Å². The molecule has 2 aromatic rings. The Labute approximate surface area is 190 Å². The van der Waals surface area contributed by atoms with Gasteiger partial charge in [-0.05, 0) is 30.7 Å². The van der Waals surface area contributed by atoms with Crippen molar-refractivity contribution in [2.45, 2.75) is 23.6 Å². The van der Waals surface area contributed by atoms with Gasteiger partial charge in [0.15, 0.2) is 0 Å². The Bertz CT molecular complexity index is 1100. The van der Waals surface area contributed by atoms with Crippen molar-refractivity contribution in [1.29, 1.82) is 0 Å². The fourth-order valence-electron chi connectivity index (χ4n) is 3.62. The van der Waals surface area contributed by atoms with E-state index in [-0.39, 0.29) is 41.4 Å². The number of nitrogens with zero attached hydrogens (tertiary/aromatic N) is 2. The van der Waals surface area contributed by atoms with Gasteiger partial charge in [0.1, 0.15) is 4.21 Å². The molecule has 0 aliphatic carbocycles. The summed E-state index contributed by atoms with van der Waals surface area (Å²) in [6, 6.07) is 9.91. The molecule has 2 aliphatic heterocycles. The number of rotatable bonds is 8. The van der Waals surface area contributed by atoms with Crippen molar-refractivity contribution in [3.05, 3.63) is 52.4 Å². The lowest BCUT2D eigenvalue weighted by Crippen LogP contribution is -2.40. The third kappa shape index (κ3) is 4.60. The maximum Gasteiger partial charge on any atom is 0.261 e. The van der Waals surface area contributed by atoms with Gasteiger partial charge < -0.3 is 10.1 Å². The monoisotopic (exact) mass is 477 g/mol. The van der Waals surface area contributed by atoms with Crippen LogP contribution < -0.4 is 5.32 Å².